The molecule has 3 atom stereocenters. The van der Waals surface area contributed by atoms with E-state index in [1.165, 1.54) is 26.2 Å². The Balaban J connectivity index is 1.84. The van der Waals surface area contributed by atoms with Crippen LogP contribution in [-0.2, 0) is 0 Å². The molecule has 2 fully saturated rings. The number of fused-ring (bicyclic) bond motifs is 1. The fourth-order valence-corrected chi connectivity index (χ4v) is 2.68. The molecule has 0 aromatic rings. The smallest absolute Gasteiger partial charge is 0.0743 e. The molecule has 0 saturated carbocycles. The van der Waals surface area contributed by atoms with E-state index in [1.54, 1.807) is 0 Å². The number of nitrogens with zero attached hydrogens (tertiary/aromatic N) is 1. The molecule has 0 aliphatic carbocycles. The van der Waals surface area contributed by atoms with Crippen LogP contribution in [0.2, 0.25) is 0 Å². The first-order chi connectivity index (χ1) is 6.61. The highest BCUT2D eigenvalue weighted by Crippen LogP contribution is 2.27. The van der Waals surface area contributed by atoms with Gasteiger partial charge in [0.2, 0.25) is 0 Å². The van der Waals surface area contributed by atoms with Crippen LogP contribution in [0.3, 0.4) is 0 Å². The van der Waals surface area contributed by atoms with Crippen molar-refractivity contribution in [2.45, 2.75) is 25.9 Å². The molecule has 0 aromatic heterocycles. The van der Waals surface area contributed by atoms with Crippen LogP contribution in [-0.4, -0.2) is 48.3 Å². The first kappa shape index (κ1) is 10.4. The summed E-state index contributed by atoms with van der Waals surface area (Å²) in [5.74, 6) is 1.67. The van der Waals surface area contributed by atoms with E-state index in [-0.39, 0.29) is 0 Å². The molecule has 0 amide bonds. The zero-order valence-electron chi connectivity index (χ0n) is 9.29. The Kier molecular flexibility index (Phi) is 2.82. The van der Waals surface area contributed by atoms with Crippen molar-refractivity contribution < 1.29 is 5.11 Å². The molecular weight excluding hydrogens is 176 g/mol. The molecule has 2 rings (SSSR count). The van der Waals surface area contributed by atoms with Crippen LogP contribution in [0.5, 0.6) is 0 Å². The maximum atomic E-state index is 9.99. The third kappa shape index (κ3) is 2.10. The Morgan fingerprint density at radius 1 is 1.36 bits per heavy atom. The number of hydrogen-bond donors (Lipinski definition) is 2. The number of hydrogen-bond acceptors (Lipinski definition) is 3. The minimum Gasteiger partial charge on any atom is -0.389 e. The Hall–Kier alpha value is -0.120. The van der Waals surface area contributed by atoms with Crippen molar-refractivity contribution in [3.8, 4) is 0 Å². The highest BCUT2D eigenvalue weighted by molar-refractivity contribution is 4.93. The van der Waals surface area contributed by atoms with E-state index in [4.69, 9.17) is 0 Å². The molecule has 3 heteroatoms. The number of β-amino-alcohol motifs (C(OH)–C–C–N with tert-alkyl or cyclic N) is 1. The zero-order chi connectivity index (χ0) is 10.2. The normalized spacial score (nSPS) is 37.1. The number of rotatable bonds is 3. The van der Waals surface area contributed by atoms with Crippen molar-refractivity contribution in [3.63, 3.8) is 0 Å². The van der Waals surface area contributed by atoms with Crippen LogP contribution < -0.4 is 5.32 Å². The van der Waals surface area contributed by atoms with Crippen LogP contribution in [0.25, 0.3) is 0 Å². The second kappa shape index (κ2) is 3.80. The van der Waals surface area contributed by atoms with Gasteiger partial charge >= 0.3 is 0 Å². The molecule has 0 radical (unpaired) electrons. The predicted molar refractivity (Wildman–Crippen MR) is 57.2 cm³/mol. The van der Waals surface area contributed by atoms with Crippen molar-refractivity contribution in [2.75, 3.05) is 32.7 Å². The van der Waals surface area contributed by atoms with Gasteiger partial charge < -0.3 is 10.4 Å². The van der Waals surface area contributed by atoms with Gasteiger partial charge in [0.1, 0.15) is 0 Å². The Bertz CT molecular complexity index is 193. The van der Waals surface area contributed by atoms with E-state index < -0.39 is 5.60 Å². The topological polar surface area (TPSA) is 35.5 Å². The van der Waals surface area contributed by atoms with E-state index in [9.17, 15) is 5.11 Å². The van der Waals surface area contributed by atoms with E-state index in [2.05, 4.69) is 17.1 Å². The van der Waals surface area contributed by atoms with Crippen LogP contribution in [0.4, 0.5) is 0 Å². The molecule has 14 heavy (non-hydrogen) atoms. The quantitative estimate of drug-likeness (QED) is 0.684. The van der Waals surface area contributed by atoms with Crippen molar-refractivity contribution >= 4 is 0 Å². The highest BCUT2D eigenvalue weighted by Gasteiger charge is 2.37. The highest BCUT2D eigenvalue weighted by atomic mass is 16.3. The summed E-state index contributed by atoms with van der Waals surface area (Å²) in [7, 11) is 0. The molecule has 2 heterocycles. The van der Waals surface area contributed by atoms with Crippen molar-refractivity contribution in [1.82, 2.24) is 10.2 Å². The summed E-state index contributed by atoms with van der Waals surface area (Å²) in [6, 6.07) is 0. The average molecular weight is 198 g/mol. The fraction of sp³-hybridized carbons (Fsp3) is 1.00. The summed E-state index contributed by atoms with van der Waals surface area (Å²) in [6.07, 6.45) is 0.844. The Labute approximate surface area is 86.5 Å². The summed E-state index contributed by atoms with van der Waals surface area (Å²) in [5.41, 5.74) is -0.494. The minimum absolute atomic E-state index is 0.494. The molecule has 2 saturated heterocycles. The van der Waals surface area contributed by atoms with E-state index >= 15 is 0 Å². The molecule has 0 bridgehead atoms. The molecule has 0 spiro atoms. The molecule has 2 N–H and O–H groups in total. The average Bonchev–Trinajstić information content (AvgIpc) is 2.63. The largest absolute Gasteiger partial charge is 0.389 e. The molecule has 2 aliphatic heterocycles. The lowest BCUT2D eigenvalue weighted by molar-refractivity contribution is 0.0211. The van der Waals surface area contributed by atoms with Crippen LogP contribution in [0.1, 0.15) is 20.3 Å². The van der Waals surface area contributed by atoms with Gasteiger partial charge in [-0.2, -0.15) is 0 Å². The first-order valence-corrected chi connectivity index (χ1v) is 5.76. The van der Waals surface area contributed by atoms with Gasteiger partial charge in [0, 0.05) is 19.6 Å². The summed E-state index contributed by atoms with van der Waals surface area (Å²) >= 11 is 0. The SMILES string of the molecule is CCC(C)(O)CN1C[C@H]2CNC[C@H]2C1. The monoisotopic (exact) mass is 198 g/mol. The van der Waals surface area contributed by atoms with Gasteiger partial charge in [-0.1, -0.05) is 6.92 Å². The minimum atomic E-state index is -0.494. The molecular formula is C11H22N2O. The summed E-state index contributed by atoms with van der Waals surface area (Å²) in [6.45, 7) is 9.54. The third-order valence-electron chi connectivity index (χ3n) is 3.79. The maximum absolute atomic E-state index is 9.99. The Morgan fingerprint density at radius 3 is 2.43 bits per heavy atom. The van der Waals surface area contributed by atoms with Crippen molar-refractivity contribution in [3.05, 3.63) is 0 Å². The number of aliphatic hydroxyl groups is 1. The lowest BCUT2D eigenvalue weighted by Crippen LogP contribution is -2.40. The van der Waals surface area contributed by atoms with E-state index in [0.29, 0.717) is 0 Å². The molecule has 2 aliphatic rings. The summed E-state index contributed by atoms with van der Waals surface area (Å²) in [5, 5.41) is 13.4. The van der Waals surface area contributed by atoms with Crippen LogP contribution >= 0.6 is 0 Å². The number of nitrogens with one attached hydrogen (secondary N) is 1. The van der Waals surface area contributed by atoms with Crippen molar-refractivity contribution in [2.24, 2.45) is 11.8 Å². The van der Waals surface area contributed by atoms with Gasteiger partial charge in [0.25, 0.3) is 0 Å². The van der Waals surface area contributed by atoms with Crippen LogP contribution in [0, 0.1) is 11.8 Å². The first-order valence-electron chi connectivity index (χ1n) is 5.76. The van der Waals surface area contributed by atoms with E-state index in [1.807, 2.05) is 6.92 Å². The standard InChI is InChI=1S/C11H22N2O/c1-3-11(2,14)8-13-6-9-4-12-5-10(9)7-13/h9-10,12,14H,3-8H2,1-2H3/t9-,10+,11?. The lowest BCUT2D eigenvalue weighted by atomic mass is 10.0. The van der Waals surface area contributed by atoms with Gasteiger partial charge in [0.05, 0.1) is 5.60 Å². The molecule has 3 nitrogen and oxygen atoms in total. The number of likely N-dealkylation sites (tertiary alicyclic amines) is 1. The summed E-state index contributed by atoms with van der Waals surface area (Å²) < 4.78 is 0. The Morgan fingerprint density at radius 2 is 1.93 bits per heavy atom. The van der Waals surface area contributed by atoms with Gasteiger partial charge in [-0.3, -0.25) is 4.90 Å². The van der Waals surface area contributed by atoms with Gasteiger partial charge in [0.15, 0.2) is 0 Å². The predicted octanol–water partition coefficient (Wildman–Crippen LogP) is 0.299. The summed E-state index contributed by atoms with van der Waals surface area (Å²) in [4.78, 5) is 2.43. The molecule has 1 unspecified atom stereocenters. The molecule has 0 aromatic carbocycles. The fourth-order valence-electron chi connectivity index (χ4n) is 2.68. The van der Waals surface area contributed by atoms with Gasteiger partial charge in [-0.05, 0) is 38.3 Å². The van der Waals surface area contributed by atoms with Gasteiger partial charge in [-0.15, -0.1) is 0 Å². The second-order valence-electron chi connectivity index (χ2n) is 5.22. The lowest BCUT2D eigenvalue weighted by Gasteiger charge is -2.28. The van der Waals surface area contributed by atoms with E-state index in [0.717, 1.165) is 24.8 Å². The second-order valence-corrected chi connectivity index (χ2v) is 5.22. The van der Waals surface area contributed by atoms with Crippen molar-refractivity contribution in [1.29, 1.82) is 0 Å². The third-order valence-corrected chi connectivity index (χ3v) is 3.79. The van der Waals surface area contributed by atoms with Crippen LogP contribution in [0.15, 0.2) is 0 Å². The van der Waals surface area contributed by atoms with Gasteiger partial charge in [-0.25, -0.2) is 0 Å². The molecule has 82 valence electrons. The zero-order valence-corrected chi connectivity index (χ0v) is 9.29. The maximum Gasteiger partial charge on any atom is 0.0743 e.